The second-order valence-electron chi connectivity index (χ2n) is 4.35. The summed E-state index contributed by atoms with van der Waals surface area (Å²) in [5, 5.41) is 39.2. The predicted octanol–water partition coefficient (Wildman–Crippen LogP) is -0.426. The van der Waals surface area contributed by atoms with E-state index < -0.39 is 24.7 Å². The van der Waals surface area contributed by atoms with Crippen LogP contribution in [0.3, 0.4) is 0 Å². The summed E-state index contributed by atoms with van der Waals surface area (Å²) >= 11 is 0. The Hall–Kier alpha value is -0.720. The molecule has 0 aliphatic heterocycles. The number of nitrogens with zero attached hydrogens (tertiary/aromatic N) is 1. The normalized spacial score (nSPS) is 19.2. The van der Waals surface area contributed by atoms with Crippen LogP contribution in [0.4, 0.5) is 0 Å². The molecule has 5 nitrogen and oxygen atoms in total. The molecule has 0 aromatic rings. The highest BCUT2D eigenvalue weighted by molar-refractivity contribution is 4.76. The SMILES string of the molecule is C=CC[N+](CC=C)(C(O)C(C)O)C(O)C(C)O. The van der Waals surface area contributed by atoms with Crippen LogP contribution in [0.5, 0.6) is 0 Å². The van der Waals surface area contributed by atoms with Crippen molar-refractivity contribution in [3.05, 3.63) is 25.3 Å². The minimum Gasteiger partial charge on any atom is -0.384 e. The Morgan fingerprint density at radius 3 is 1.35 bits per heavy atom. The lowest BCUT2D eigenvalue weighted by molar-refractivity contribution is -1.01. The maximum atomic E-state index is 10.1. The molecule has 0 saturated heterocycles. The fourth-order valence-corrected chi connectivity index (χ4v) is 2.00. The van der Waals surface area contributed by atoms with Crippen LogP contribution in [-0.2, 0) is 0 Å². The Kier molecular flexibility index (Phi) is 6.59. The fourth-order valence-electron chi connectivity index (χ4n) is 2.00. The highest BCUT2D eigenvalue weighted by atomic mass is 16.4. The third-order valence-corrected chi connectivity index (χ3v) is 2.85. The number of aliphatic hydroxyl groups is 4. The minimum absolute atomic E-state index is 0.212. The largest absolute Gasteiger partial charge is 0.384 e. The van der Waals surface area contributed by atoms with Gasteiger partial charge < -0.3 is 20.4 Å². The van der Waals surface area contributed by atoms with Crippen LogP contribution in [0.25, 0.3) is 0 Å². The average molecular weight is 246 g/mol. The van der Waals surface area contributed by atoms with Gasteiger partial charge in [0.05, 0.1) is 0 Å². The molecule has 0 rings (SSSR count). The molecule has 0 aromatic carbocycles. The number of rotatable bonds is 8. The van der Waals surface area contributed by atoms with Crippen LogP contribution in [0.1, 0.15) is 13.8 Å². The zero-order valence-corrected chi connectivity index (χ0v) is 10.5. The van der Waals surface area contributed by atoms with E-state index in [1.807, 2.05) is 0 Å². The summed E-state index contributed by atoms with van der Waals surface area (Å²) in [6.07, 6.45) is -1.47. The van der Waals surface area contributed by atoms with Crippen LogP contribution < -0.4 is 0 Å². The predicted molar refractivity (Wildman–Crippen MR) is 65.8 cm³/mol. The third-order valence-electron chi connectivity index (χ3n) is 2.85. The van der Waals surface area contributed by atoms with Crippen molar-refractivity contribution in [3.8, 4) is 0 Å². The third kappa shape index (κ3) is 3.62. The highest BCUT2D eigenvalue weighted by Crippen LogP contribution is 2.22. The molecule has 0 aromatic heterocycles. The maximum Gasteiger partial charge on any atom is 0.219 e. The van der Waals surface area contributed by atoms with Crippen molar-refractivity contribution >= 4 is 0 Å². The van der Waals surface area contributed by atoms with E-state index in [1.54, 1.807) is 0 Å². The first-order chi connectivity index (χ1) is 7.83. The number of aliphatic hydroxyl groups excluding tert-OH is 4. The smallest absolute Gasteiger partial charge is 0.219 e. The molecule has 17 heavy (non-hydrogen) atoms. The van der Waals surface area contributed by atoms with Gasteiger partial charge in [0.2, 0.25) is 12.5 Å². The van der Waals surface area contributed by atoms with Gasteiger partial charge in [-0.05, 0) is 26.0 Å². The van der Waals surface area contributed by atoms with Crippen LogP contribution in [0.2, 0.25) is 0 Å². The Bertz CT molecular complexity index is 227. The van der Waals surface area contributed by atoms with Crippen molar-refractivity contribution in [3.63, 3.8) is 0 Å². The lowest BCUT2D eigenvalue weighted by atomic mass is 10.1. The number of hydrogen-bond donors (Lipinski definition) is 4. The Morgan fingerprint density at radius 2 is 1.18 bits per heavy atom. The highest BCUT2D eigenvalue weighted by Gasteiger charge is 2.45. The maximum absolute atomic E-state index is 10.1. The molecule has 0 saturated carbocycles. The number of quaternary nitrogens is 1. The first kappa shape index (κ1) is 16.3. The van der Waals surface area contributed by atoms with E-state index >= 15 is 0 Å². The van der Waals surface area contributed by atoms with E-state index in [1.165, 1.54) is 26.0 Å². The standard InChI is InChI=1S/C12H24NO4/c1-5-7-13(8-6-2,11(16)9(3)14)12(17)10(4)15/h5-6,9-12,14-17H,1-2,7-8H2,3-4H3/q+1. The van der Waals surface area contributed by atoms with Crippen LogP contribution in [-0.4, -0.2) is 62.7 Å². The zero-order chi connectivity index (χ0) is 13.6. The Labute approximate surface area is 103 Å². The van der Waals surface area contributed by atoms with Gasteiger partial charge in [0, 0.05) is 0 Å². The van der Waals surface area contributed by atoms with E-state index in [0.29, 0.717) is 0 Å². The first-order valence-corrected chi connectivity index (χ1v) is 5.64. The lowest BCUT2D eigenvalue weighted by Gasteiger charge is -2.45. The van der Waals surface area contributed by atoms with Crippen molar-refractivity contribution in [2.75, 3.05) is 13.1 Å². The molecule has 0 fully saturated rings. The van der Waals surface area contributed by atoms with Gasteiger partial charge in [-0.3, -0.25) is 4.48 Å². The van der Waals surface area contributed by atoms with E-state index in [2.05, 4.69) is 13.2 Å². The van der Waals surface area contributed by atoms with Gasteiger partial charge in [0.15, 0.2) is 0 Å². The average Bonchev–Trinajstić information content (AvgIpc) is 2.26. The summed E-state index contributed by atoms with van der Waals surface area (Å²) in [5.74, 6) is 0. The lowest BCUT2D eigenvalue weighted by Crippen LogP contribution is -2.67. The molecule has 0 spiro atoms. The van der Waals surface area contributed by atoms with Gasteiger partial charge in [-0.15, -0.1) is 0 Å². The van der Waals surface area contributed by atoms with Crippen molar-refractivity contribution < 1.29 is 24.9 Å². The Balaban J connectivity index is 5.38. The van der Waals surface area contributed by atoms with Crippen molar-refractivity contribution in [2.45, 2.75) is 38.5 Å². The van der Waals surface area contributed by atoms with Crippen LogP contribution >= 0.6 is 0 Å². The molecule has 0 aliphatic carbocycles. The molecule has 0 amide bonds. The first-order valence-electron chi connectivity index (χ1n) is 5.64. The van der Waals surface area contributed by atoms with Crippen molar-refractivity contribution in [1.29, 1.82) is 0 Å². The Morgan fingerprint density at radius 1 is 0.882 bits per heavy atom. The fraction of sp³-hybridized carbons (Fsp3) is 0.667. The molecule has 4 unspecified atom stereocenters. The minimum atomic E-state index is -1.23. The van der Waals surface area contributed by atoms with E-state index in [9.17, 15) is 20.4 Å². The van der Waals surface area contributed by atoms with Crippen LogP contribution in [0, 0.1) is 0 Å². The topological polar surface area (TPSA) is 80.9 Å². The molecule has 4 N–H and O–H groups in total. The molecule has 5 heteroatoms. The summed E-state index contributed by atoms with van der Waals surface area (Å²) in [5.41, 5.74) is 0. The van der Waals surface area contributed by atoms with Crippen LogP contribution in [0.15, 0.2) is 25.3 Å². The van der Waals surface area contributed by atoms with Crippen molar-refractivity contribution in [2.24, 2.45) is 0 Å². The monoisotopic (exact) mass is 246 g/mol. The van der Waals surface area contributed by atoms with Gasteiger partial charge in [-0.1, -0.05) is 13.2 Å². The van der Waals surface area contributed by atoms with Gasteiger partial charge in [-0.2, -0.15) is 0 Å². The van der Waals surface area contributed by atoms with E-state index in [4.69, 9.17) is 0 Å². The molecule has 0 heterocycles. The van der Waals surface area contributed by atoms with Gasteiger partial charge in [-0.25, -0.2) is 0 Å². The second kappa shape index (κ2) is 6.88. The quantitative estimate of drug-likeness (QED) is 0.266. The van der Waals surface area contributed by atoms with Gasteiger partial charge in [0.25, 0.3) is 0 Å². The number of hydrogen-bond acceptors (Lipinski definition) is 4. The zero-order valence-electron chi connectivity index (χ0n) is 10.5. The van der Waals surface area contributed by atoms with Gasteiger partial charge in [0.1, 0.15) is 25.3 Å². The summed E-state index contributed by atoms with van der Waals surface area (Å²) in [6, 6.07) is 0. The van der Waals surface area contributed by atoms with Crippen molar-refractivity contribution in [1.82, 2.24) is 0 Å². The van der Waals surface area contributed by atoms with E-state index in [0.717, 1.165) is 0 Å². The summed E-state index contributed by atoms with van der Waals surface area (Å²) in [6.45, 7) is 10.4. The molecule has 100 valence electrons. The molecule has 0 radical (unpaired) electrons. The molecular formula is C12H24NO4+. The summed E-state index contributed by atoms with van der Waals surface area (Å²) in [4.78, 5) is 0. The van der Waals surface area contributed by atoms with Gasteiger partial charge >= 0.3 is 0 Å². The molecule has 0 bridgehead atoms. The molecule has 0 aliphatic rings. The second-order valence-corrected chi connectivity index (χ2v) is 4.35. The summed E-state index contributed by atoms with van der Waals surface area (Å²) in [7, 11) is 0. The molecular weight excluding hydrogens is 222 g/mol. The summed E-state index contributed by atoms with van der Waals surface area (Å²) < 4.78 is -0.303. The van der Waals surface area contributed by atoms with E-state index in [-0.39, 0.29) is 17.6 Å². The molecule has 4 atom stereocenters.